The van der Waals surface area contributed by atoms with E-state index in [1.165, 1.54) is 11.1 Å². The standard InChI is InChI=1S/C13H22N2S/c1-11-6-4-5-7-12(11)13(14)10-16-9-8-15(2)3/h4-7,13H,8-10,14H2,1-3H3. The molecular weight excluding hydrogens is 216 g/mol. The lowest BCUT2D eigenvalue weighted by molar-refractivity contribution is 0.437. The van der Waals surface area contributed by atoms with E-state index in [0.29, 0.717) is 0 Å². The van der Waals surface area contributed by atoms with Gasteiger partial charge in [-0.1, -0.05) is 24.3 Å². The van der Waals surface area contributed by atoms with E-state index in [9.17, 15) is 0 Å². The van der Waals surface area contributed by atoms with Crippen LogP contribution in [-0.2, 0) is 0 Å². The SMILES string of the molecule is Cc1ccccc1C(N)CSCCN(C)C. The van der Waals surface area contributed by atoms with E-state index in [1.807, 2.05) is 11.8 Å². The first-order chi connectivity index (χ1) is 7.61. The average Bonchev–Trinajstić information content (AvgIpc) is 2.24. The van der Waals surface area contributed by atoms with E-state index in [4.69, 9.17) is 5.73 Å². The Morgan fingerprint density at radius 1 is 1.31 bits per heavy atom. The first kappa shape index (κ1) is 13.6. The Kier molecular flexibility index (Phi) is 5.88. The van der Waals surface area contributed by atoms with Crippen molar-refractivity contribution in [1.82, 2.24) is 4.90 Å². The van der Waals surface area contributed by atoms with Crippen LogP contribution >= 0.6 is 11.8 Å². The van der Waals surface area contributed by atoms with Crippen LogP contribution in [0.5, 0.6) is 0 Å². The number of benzene rings is 1. The molecule has 1 unspecified atom stereocenters. The summed E-state index contributed by atoms with van der Waals surface area (Å²) < 4.78 is 0. The fourth-order valence-corrected chi connectivity index (χ4v) is 2.64. The van der Waals surface area contributed by atoms with E-state index in [-0.39, 0.29) is 6.04 Å². The molecule has 0 bridgehead atoms. The van der Waals surface area contributed by atoms with E-state index in [2.05, 4.69) is 50.2 Å². The summed E-state index contributed by atoms with van der Waals surface area (Å²) in [5, 5.41) is 0. The van der Waals surface area contributed by atoms with Gasteiger partial charge in [-0.25, -0.2) is 0 Å². The van der Waals surface area contributed by atoms with Crippen molar-refractivity contribution in [3.8, 4) is 0 Å². The largest absolute Gasteiger partial charge is 0.323 e. The van der Waals surface area contributed by atoms with Gasteiger partial charge in [0.15, 0.2) is 0 Å². The zero-order chi connectivity index (χ0) is 12.0. The van der Waals surface area contributed by atoms with Crippen LogP contribution in [0.1, 0.15) is 17.2 Å². The van der Waals surface area contributed by atoms with Crippen LogP contribution < -0.4 is 5.73 Å². The van der Waals surface area contributed by atoms with Crippen LogP contribution in [0.4, 0.5) is 0 Å². The third-order valence-corrected chi connectivity index (χ3v) is 3.63. The summed E-state index contributed by atoms with van der Waals surface area (Å²) in [6.45, 7) is 3.24. The van der Waals surface area contributed by atoms with Crippen molar-refractivity contribution in [2.24, 2.45) is 5.73 Å². The zero-order valence-electron chi connectivity index (χ0n) is 10.4. The highest BCUT2D eigenvalue weighted by atomic mass is 32.2. The van der Waals surface area contributed by atoms with Gasteiger partial charge in [0.2, 0.25) is 0 Å². The molecule has 16 heavy (non-hydrogen) atoms. The summed E-state index contributed by atoms with van der Waals surface area (Å²) >= 11 is 1.93. The van der Waals surface area contributed by atoms with Gasteiger partial charge in [-0.3, -0.25) is 0 Å². The minimum absolute atomic E-state index is 0.161. The van der Waals surface area contributed by atoms with Crippen molar-refractivity contribution in [1.29, 1.82) is 0 Å². The summed E-state index contributed by atoms with van der Waals surface area (Å²) in [6.07, 6.45) is 0. The quantitative estimate of drug-likeness (QED) is 0.771. The lowest BCUT2D eigenvalue weighted by Crippen LogP contribution is -2.18. The van der Waals surface area contributed by atoms with Crippen LogP contribution in [0, 0.1) is 6.92 Å². The second-order valence-electron chi connectivity index (χ2n) is 4.34. The molecule has 90 valence electrons. The molecule has 0 heterocycles. The van der Waals surface area contributed by atoms with Gasteiger partial charge < -0.3 is 10.6 Å². The number of hydrogen-bond acceptors (Lipinski definition) is 3. The fourth-order valence-electron chi connectivity index (χ4n) is 1.55. The molecule has 0 amide bonds. The predicted octanol–water partition coefficient (Wildman–Crippen LogP) is 2.29. The summed E-state index contributed by atoms with van der Waals surface area (Å²) in [6, 6.07) is 8.54. The number of hydrogen-bond donors (Lipinski definition) is 1. The Hall–Kier alpha value is -0.510. The molecule has 0 aliphatic heterocycles. The molecule has 0 radical (unpaired) electrons. The molecule has 0 aliphatic rings. The van der Waals surface area contributed by atoms with Crippen molar-refractivity contribution in [2.75, 3.05) is 32.1 Å². The minimum atomic E-state index is 0.161. The van der Waals surface area contributed by atoms with Crippen molar-refractivity contribution in [2.45, 2.75) is 13.0 Å². The van der Waals surface area contributed by atoms with Crippen molar-refractivity contribution in [3.63, 3.8) is 0 Å². The molecule has 3 heteroatoms. The Bertz CT molecular complexity index is 313. The van der Waals surface area contributed by atoms with E-state index >= 15 is 0 Å². The van der Waals surface area contributed by atoms with Crippen molar-refractivity contribution in [3.05, 3.63) is 35.4 Å². The Balaban J connectivity index is 2.35. The molecule has 0 saturated heterocycles. The Morgan fingerprint density at radius 3 is 2.62 bits per heavy atom. The summed E-state index contributed by atoms with van der Waals surface area (Å²) in [4.78, 5) is 2.20. The highest BCUT2D eigenvalue weighted by Gasteiger charge is 2.07. The fraction of sp³-hybridized carbons (Fsp3) is 0.538. The minimum Gasteiger partial charge on any atom is -0.323 e. The monoisotopic (exact) mass is 238 g/mol. The summed E-state index contributed by atoms with van der Waals surface area (Å²) in [5.74, 6) is 2.14. The Morgan fingerprint density at radius 2 is 2.00 bits per heavy atom. The molecule has 2 N–H and O–H groups in total. The Labute approximate surface area is 103 Å². The van der Waals surface area contributed by atoms with Gasteiger partial charge in [-0.15, -0.1) is 0 Å². The molecule has 1 aromatic rings. The van der Waals surface area contributed by atoms with Gasteiger partial charge >= 0.3 is 0 Å². The van der Waals surface area contributed by atoms with Crippen molar-refractivity contribution >= 4 is 11.8 Å². The topological polar surface area (TPSA) is 29.3 Å². The van der Waals surface area contributed by atoms with E-state index in [1.54, 1.807) is 0 Å². The smallest absolute Gasteiger partial charge is 0.0389 e. The van der Waals surface area contributed by atoms with Gasteiger partial charge in [0.05, 0.1) is 0 Å². The van der Waals surface area contributed by atoms with Gasteiger partial charge in [-0.2, -0.15) is 11.8 Å². The third-order valence-electron chi connectivity index (χ3n) is 2.57. The average molecular weight is 238 g/mol. The lowest BCUT2D eigenvalue weighted by atomic mass is 10.0. The van der Waals surface area contributed by atoms with Gasteiger partial charge in [-0.05, 0) is 32.1 Å². The summed E-state index contributed by atoms with van der Waals surface area (Å²) in [5.41, 5.74) is 8.75. The highest BCUT2D eigenvalue weighted by Crippen LogP contribution is 2.19. The zero-order valence-corrected chi connectivity index (χ0v) is 11.3. The first-order valence-corrected chi connectivity index (χ1v) is 6.80. The maximum absolute atomic E-state index is 6.18. The van der Waals surface area contributed by atoms with Crippen LogP contribution in [0.2, 0.25) is 0 Å². The predicted molar refractivity (Wildman–Crippen MR) is 74.0 cm³/mol. The maximum atomic E-state index is 6.18. The number of rotatable bonds is 6. The van der Waals surface area contributed by atoms with Crippen molar-refractivity contribution < 1.29 is 0 Å². The van der Waals surface area contributed by atoms with Crippen LogP contribution in [0.25, 0.3) is 0 Å². The molecule has 2 nitrogen and oxygen atoms in total. The molecule has 1 aromatic carbocycles. The van der Waals surface area contributed by atoms with Crippen LogP contribution in [0.15, 0.2) is 24.3 Å². The van der Waals surface area contributed by atoms with Crippen LogP contribution in [0.3, 0.4) is 0 Å². The second-order valence-corrected chi connectivity index (χ2v) is 5.49. The molecule has 0 aromatic heterocycles. The maximum Gasteiger partial charge on any atom is 0.0389 e. The molecular formula is C13H22N2S. The lowest BCUT2D eigenvalue weighted by Gasteiger charge is -2.15. The molecule has 0 fully saturated rings. The van der Waals surface area contributed by atoms with Gasteiger partial charge in [0.25, 0.3) is 0 Å². The number of nitrogens with two attached hydrogens (primary N) is 1. The summed E-state index contributed by atoms with van der Waals surface area (Å²) in [7, 11) is 4.20. The molecule has 0 saturated carbocycles. The second kappa shape index (κ2) is 6.94. The number of aryl methyl sites for hydroxylation is 1. The van der Waals surface area contributed by atoms with Crippen LogP contribution in [-0.4, -0.2) is 37.0 Å². The normalized spacial score (nSPS) is 13.1. The van der Waals surface area contributed by atoms with Gasteiger partial charge in [0.1, 0.15) is 0 Å². The molecule has 1 atom stereocenters. The van der Waals surface area contributed by atoms with Gasteiger partial charge in [0, 0.05) is 24.1 Å². The van der Waals surface area contributed by atoms with E-state index < -0.39 is 0 Å². The number of thioether (sulfide) groups is 1. The van der Waals surface area contributed by atoms with E-state index in [0.717, 1.165) is 18.1 Å². The first-order valence-electron chi connectivity index (χ1n) is 5.65. The highest BCUT2D eigenvalue weighted by molar-refractivity contribution is 7.99. The molecule has 1 rings (SSSR count). The number of nitrogens with zero attached hydrogens (tertiary/aromatic N) is 1. The molecule has 0 aliphatic carbocycles. The molecule has 0 spiro atoms. The third kappa shape index (κ3) is 4.56.